The van der Waals surface area contributed by atoms with Crippen LogP contribution >= 0.6 is 0 Å². The molecule has 0 saturated carbocycles. The molecule has 0 spiro atoms. The van der Waals surface area contributed by atoms with Crippen molar-refractivity contribution in [1.29, 1.82) is 0 Å². The minimum absolute atomic E-state index is 0.0168. The molecule has 6 rings (SSSR count). The second-order valence-electron chi connectivity index (χ2n) is 10.1. The largest absolute Gasteiger partial charge is 0.508 e. The summed E-state index contributed by atoms with van der Waals surface area (Å²) in [5.74, 6) is 0.565. The average Bonchev–Trinajstić information content (AvgIpc) is 3.55. The minimum atomic E-state index is -0.771. The third-order valence-corrected chi connectivity index (χ3v) is 7.27. The van der Waals surface area contributed by atoms with E-state index in [-0.39, 0.29) is 12.3 Å². The molecule has 1 saturated heterocycles. The molecule has 0 amide bonds. The molecule has 1 unspecified atom stereocenters. The number of aryl methyl sites for hydroxylation is 3. The van der Waals surface area contributed by atoms with Crippen LogP contribution in [0, 0.1) is 13.8 Å². The zero-order valence-corrected chi connectivity index (χ0v) is 22.2. The Bertz CT molecular complexity index is 1230. The Kier molecular flexibility index (Phi) is 8.88. The van der Waals surface area contributed by atoms with Gasteiger partial charge in [0.05, 0.1) is 13.0 Å². The normalized spacial score (nSPS) is 16.7. The van der Waals surface area contributed by atoms with E-state index in [0.29, 0.717) is 12.4 Å². The molecule has 0 aromatic heterocycles. The van der Waals surface area contributed by atoms with Gasteiger partial charge in [0, 0.05) is 24.7 Å². The lowest BCUT2D eigenvalue weighted by Crippen LogP contribution is -2.11. The van der Waals surface area contributed by atoms with E-state index in [1.807, 2.05) is 31.2 Å². The second kappa shape index (κ2) is 12.3. The van der Waals surface area contributed by atoms with Gasteiger partial charge in [-0.3, -0.25) is 4.79 Å². The molecule has 3 aliphatic rings. The van der Waals surface area contributed by atoms with Crippen LogP contribution in [0.1, 0.15) is 65.5 Å². The van der Waals surface area contributed by atoms with E-state index in [2.05, 4.69) is 38.1 Å². The van der Waals surface area contributed by atoms with Crippen LogP contribution < -0.4 is 4.74 Å². The van der Waals surface area contributed by atoms with Crippen LogP contribution in [0.2, 0.25) is 0 Å². The number of aromatic hydroxyl groups is 1. The van der Waals surface area contributed by atoms with Gasteiger partial charge in [0.1, 0.15) is 11.5 Å². The molecule has 37 heavy (non-hydrogen) atoms. The molecule has 0 radical (unpaired) electrons. The van der Waals surface area contributed by atoms with Gasteiger partial charge in [0.25, 0.3) is 0 Å². The minimum Gasteiger partial charge on any atom is -0.508 e. The van der Waals surface area contributed by atoms with Crippen molar-refractivity contribution in [2.24, 2.45) is 0 Å². The fraction of sp³-hybridized carbons (Fsp3) is 0.406. The predicted molar refractivity (Wildman–Crippen MR) is 147 cm³/mol. The highest BCUT2D eigenvalue weighted by Crippen LogP contribution is 2.41. The van der Waals surface area contributed by atoms with E-state index < -0.39 is 5.97 Å². The van der Waals surface area contributed by atoms with Crippen molar-refractivity contribution >= 4 is 5.97 Å². The van der Waals surface area contributed by atoms with Crippen molar-refractivity contribution in [2.45, 2.75) is 65.2 Å². The van der Waals surface area contributed by atoms with Crippen LogP contribution in [-0.4, -0.2) is 36.0 Å². The molecule has 3 aromatic rings. The number of benzene rings is 3. The molecule has 196 valence electrons. The number of hydrogen-bond acceptors (Lipinski definition) is 4. The summed E-state index contributed by atoms with van der Waals surface area (Å²) in [5.41, 5.74) is 9.84. The number of ether oxygens (including phenoxy) is 2. The van der Waals surface area contributed by atoms with E-state index in [1.165, 1.54) is 40.7 Å². The summed E-state index contributed by atoms with van der Waals surface area (Å²) < 4.78 is 10.4. The Morgan fingerprint density at radius 2 is 1.76 bits per heavy atom. The maximum atomic E-state index is 10.6. The molecule has 2 aliphatic heterocycles. The summed E-state index contributed by atoms with van der Waals surface area (Å²) in [4.78, 5) is 10.6. The molecular formula is C32H38O5. The number of fused-ring (bicyclic) bond motifs is 2. The topological polar surface area (TPSA) is 76.0 Å². The predicted octanol–water partition coefficient (Wildman–Crippen LogP) is 6.77. The zero-order chi connectivity index (χ0) is 26.4. The van der Waals surface area contributed by atoms with Gasteiger partial charge in [-0.15, -0.1) is 0 Å². The lowest BCUT2D eigenvalue weighted by atomic mass is 9.79. The first-order valence-electron chi connectivity index (χ1n) is 13.3. The smallest absolute Gasteiger partial charge is 0.304 e. The van der Waals surface area contributed by atoms with Gasteiger partial charge in [-0.25, -0.2) is 0 Å². The molecule has 1 atom stereocenters. The highest BCUT2D eigenvalue weighted by molar-refractivity contribution is 5.76. The Balaban J connectivity index is 0.000000149. The highest BCUT2D eigenvalue weighted by Gasteiger charge is 2.26. The summed E-state index contributed by atoms with van der Waals surface area (Å²) in [6.07, 6.45) is 5.88. The number of phenolic OH excluding ortho intramolecular Hbond substituents is 1. The molecule has 2 heterocycles. The average molecular weight is 503 g/mol. The zero-order valence-electron chi connectivity index (χ0n) is 22.2. The number of aliphatic carboxylic acids is 1. The maximum absolute atomic E-state index is 10.6. The van der Waals surface area contributed by atoms with Crippen LogP contribution in [0.4, 0.5) is 0 Å². The monoisotopic (exact) mass is 502 g/mol. The van der Waals surface area contributed by atoms with Crippen LogP contribution in [-0.2, 0) is 28.8 Å². The van der Waals surface area contributed by atoms with Gasteiger partial charge >= 0.3 is 5.97 Å². The first-order chi connectivity index (χ1) is 17.9. The quantitative estimate of drug-likeness (QED) is 0.412. The summed E-state index contributed by atoms with van der Waals surface area (Å²) >= 11 is 0. The lowest BCUT2D eigenvalue weighted by molar-refractivity contribution is -0.137. The molecule has 3 aromatic carbocycles. The van der Waals surface area contributed by atoms with E-state index in [4.69, 9.17) is 14.6 Å². The summed E-state index contributed by atoms with van der Waals surface area (Å²) in [7, 11) is 0. The molecular weight excluding hydrogens is 464 g/mol. The number of hydrogen-bond donors (Lipinski definition) is 2. The molecule has 2 N–H and O–H groups in total. The molecule has 5 heteroatoms. The van der Waals surface area contributed by atoms with Crippen molar-refractivity contribution in [2.75, 3.05) is 19.8 Å². The molecule has 1 aliphatic carbocycles. The third-order valence-electron chi connectivity index (χ3n) is 7.27. The van der Waals surface area contributed by atoms with Gasteiger partial charge in [0.2, 0.25) is 0 Å². The maximum Gasteiger partial charge on any atom is 0.304 e. The number of carboxylic acids is 1. The van der Waals surface area contributed by atoms with Crippen molar-refractivity contribution in [3.05, 3.63) is 81.9 Å². The number of rotatable bonds is 4. The fourth-order valence-corrected chi connectivity index (χ4v) is 5.16. The third kappa shape index (κ3) is 6.53. The second-order valence-corrected chi connectivity index (χ2v) is 10.1. The van der Waals surface area contributed by atoms with Crippen LogP contribution in [0.25, 0.3) is 11.1 Å². The van der Waals surface area contributed by atoms with Gasteiger partial charge in [-0.05, 0) is 97.0 Å². The van der Waals surface area contributed by atoms with Crippen molar-refractivity contribution < 1.29 is 24.5 Å². The molecule has 5 nitrogen and oxygen atoms in total. The number of phenols is 1. The Morgan fingerprint density at radius 3 is 2.38 bits per heavy atom. The Morgan fingerprint density at radius 1 is 1.00 bits per heavy atom. The van der Waals surface area contributed by atoms with Gasteiger partial charge in [-0.2, -0.15) is 0 Å². The standard InChI is InChI=1S/C17H18O.C11H12O3.C4H8O/c1-3-12-5-4-6-13(10-12)17-11(2)9-16(18)14-7-8-15(14)17;1-7-2-3-9-8(5-11(12)13)6-14-10(9)4-7;1-2-4-5-3-1/h4-6,9-10,18H,3,7-8H2,1-2H3;2-4,8H,5-6H2,1H3,(H,12,13);1-4H2. The van der Waals surface area contributed by atoms with Gasteiger partial charge in [-0.1, -0.05) is 43.3 Å². The van der Waals surface area contributed by atoms with E-state index in [0.717, 1.165) is 54.9 Å². The summed E-state index contributed by atoms with van der Waals surface area (Å²) in [6, 6.07) is 16.6. The molecule has 1 fully saturated rings. The Labute approximate surface area is 220 Å². The summed E-state index contributed by atoms with van der Waals surface area (Å²) in [5, 5.41) is 18.6. The van der Waals surface area contributed by atoms with Crippen LogP contribution in [0.3, 0.4) is 0 Å². The lowest BCUT2D eigenvalue weighted by Gasteiger charge is -2.26. The van der Waals surface area contributed by atoms with Gasteiger partial charge < -0.3 is 19.7 Å². The molecule has 0 bridgehead atoms. The van der Waals surface area contributed by atoms with Gasteiger partial charge in [0.15, 0.2) is 0 Å². The first-order valence-corrected chi connectivity index (χ1v) is 13.3. The fourth-order valence-electron chi connectivity index (χ4n) is 5.16. The van der Waals surface area contributed by atoms with Crippen LogP contribution in [0.5, 0.6) is 11.5 Å². The van der Waals surface area contributed by atoms with Crippen LogP contribution in [0.15, 0.2) is 48.5 Å². The van der Waals surface area contributed by atoms with E-state index in [1.54, 1.807) is 0 Å². The van der Waals surface area contributed by atoms with E-state index >= 15 is 0 Å². The SMILES string of the molecule is C1CCOC1.CCc1cccc(-c2c(C)cc(O)c3c2CC3)c1.Cc1ccc2c(c1)OCC2CC(=O)O. The highest BCUT2D eigenvalue weighted by atomic mass is 16.5. The Hall–Kier alpha value is -3.31. The first kappa shape index (κ1) is 26.7. The summed E-state index contributed by atoms with van der Waals surface area (Å²) in [6.45, 7) is 8.76. The van der Waals surface area contributed by atoms with Crippen molar-refractivity contribution in [1.82, 2.24) is 0 Å². The van der Waals surface area contributed by atoms with E-state index in [9.17, 15) is 9.90 Å². The number of carboxylic acid groups (broad SMARTS) is 1. The number of carbonyl (C=O) groups is 1. The van der Waals surface area contributed by atoms with Crippen molar-refractivity contribution in [3.8, 4) is 22.6 Å². The van der Waals surface area contributed by atoms with Crippen molar-refractivity contribution in [3.63, 3.8) is 0 Å².